The summed E-state index contributed by atoms with van der Waals surface area (Å²) in [5.41, 5.74) is 2.62. The van der Waals surface area contributed by atoms with Crippen molar-refractivity contribution in [3.8, 4) is 5.75 Å². The van der Waals surface area contributed by atoms with Crippen LogP contribution in [0.1, 0.15) is 43.4 Å². The Balaban J connectivity index is 1.82. The zero-order valence-electron chi connectivity index (χ0n) is 12.5. The van der Waals surface area contributed by atoms with E-state index in [1.807, 2.05) is 0 Å². The average Bonchev–Trinajstić information content (AvgIpc) is 2.49. The average molecular weight is 275 g/mol. The van der Waals surface area contributed by atoms with Crippen LogP contribution in [0.2, 0.25) is 0 Å². The maximum Gasteiger partial charge on any atom is 0.124 e. The van der Waals surface area contributed by atoms with E-state index >= 15 is 0 Å². The standard InChI is InChI=1S/C17H25NO2/c1-3-18-15-10-17(13-5-4-8-19-11-13)20-16-7-6-12(2)9-14(15)16/h6-7,9,13,15,17-18H,3-5,8,10-11H2,1-2H3. The van der Waals surface area contributed by atoms with E-state index in [-0.39, 0.29) is 6.10 Å². The smallest absolute Gasteiger partial charge is 0.124 e. The predicted octanol–water partition coefficient (Wildman–Crippen LogP) is 3.22. The third kappa shape index (κ3) is 2.84. The van der Waals surface area contributed by atoms with E-state index in [1.165, 1.54) is 17.5 Å². The third-order valence-electron chi connectivity index (χ3n) is 4.46. The molecule has 0 aliphatic carbocycles. The van der Waals surface area contributed by atoms with E-state index in [9.17, 15) is 0 Å². The largest absolute Gasteiger partial charge is 0.490 e. The van der Waals surface area contributed by atoms with Crippen LogP contribution in [0.4, 0.5) is 0 Å². The van der Waals surface area contributed by atoms with Crippen LogP contribution in [0, 0.1) is 12.8 Å². The second kappa shape index (κ2) is 6.15. The fourth-order valence-electron chi connectivity index (χ4n) is 3.41. The van der Waals surface area contributed by atoms with Gasteiger partial charge in [0.25, 0.3) is 0 Å². The maximum atomic E-state index is 6.28. The lowest BCUT2D eigenvalue weighted by atomic mass is 9.86. The number of aryl methyl sites for hydroxylation is 1. The van der Waals surface area contributed by atoms with Gasteiger partial charge < -0.3 is 14.8 Å². The quantitative estimate of drug-likeness (QED) is 0.918. The van der Waals surface area contributed by atoms with Crippen LogP contribution in [-0.2, 0) is 4.74 Å². The molecule has 3 atom stereocenters. The van der Waals surface area contributed by atoms with Gasteiger partial charge in [-0.1, -0.05) is 24.6 Å². The molecule has 2 aliphatic rings. The van der Waals surface area contributed by atoms with Gasteiger partial charge in [-0.25, -0.2) is 0 Å². The topological polar surface area (TPSA) is 30.5 Å². The Bertz CT molecular complexity index is 454. The molecule has 0 spiro atoms. The fourth-order valence-corrected chi connectivity index (χ4v) is 3.41. The zero-order chi connectivity index (χ0) is 13.9. The lowest BCUT2D eigenvalue weighted by molar-refractivity contribution is -0.0110. The molecule has 1 fully saturated rings. The van der Waals surface area contributed by atoms with Crippen molar-refractivity contribution in [2.75, 3.05) is 19.8 Å². The van der Waals surface area contributed by atoms with Gasteiger partial charge in [0.1, 0.15) is 11.9 Å². The van der Waals surface area contributed by atoms with E-state index in [2.05, 4.69) is 37.4 Å². The van der Waals surface area contributed by atoms with Gasteiger partial charge in [-0.2, -0.15) is 0 Å². The van der Waals surface area contributed by atoms with Gasteiger partial charge in [-0.05, 0) is 32.4 Å². The molecule has 0 amide bonds. The summed E-state index contributed by atoms with van der Waals surface area (Å²) in [6.45, 7) is 7.07. The number of hydrogen-bond donors (Lipinski definition) is 1. The number of rotatable bonds is 3. The summed E-state index contributed by atoms with van der Waals surface area (Å²) < 4.78 is 11.9. The second-order valence-corrected chi connectivity index (χ2v) is 6.02. The van der Waals surface area contributed by atoms with Gasteiger partial charge in [0, 0.05) is 30.6 Å². The first-order valence-electron chi connectivity index (χ1n) is 7.86. The molecule has 1 aromatic rings. The van der Waals surface area contributed by atoms with E-state index in [0.29, 0.717) is 12.0 Å². The molecule has 2 aliphatic heterocycles. The molecule has 3 heteroatoms. The van der Waals surface area contributed by atoms with E-state index in [4.69, 9.17) is 9.47 Å². The molecule has 0 aromatic heterocycles. The Hall–Kier alpha value is -1.06. The SMILES string of the molecule is CCNC1CC(C2CCCOC2)Oc2ccc(C)cc21. The minimum Gasteiger partial charge on any atom is -0.490 e. The molecule has 3 rings (SSSR count). The Morgan fingerprint density at radius 2 is 2.25 bits per heavy atom. The Morgan fingerprint density at radius 1 is 1.35 bits per heavy atom. The van der Waals surface area contributed by atoms with Gasteiger partial charge in [-0.3, -0.25) is 0 Å². The van der Waals surface area contributed by atoms with Gasteiger partial charge in [0.05, 0.1) is 6.61 Å². The fraction of sp³-hybridized carbons (Fsp3) is 0.647. The van der Waals surface area contributed by atoms with Crippen molar-refractivity contribution in [2.24, 2.45) is 5.92 Å². The first kappa shape index (κ1) is 13.9. The van der Waals surface area contributed by atoms with Crippen molar-refractivity contribution in [3.05, 3.63) is 29.3 Å². The summed E-state index contributed by atoms with van der Waals surface area (Å²) in [6, 6.07) is 6.94. The zero-order valence-corrected chi connectivity index (χ0v) is 12.5. The summed E-state index contributed by atoms with van der Waals surface area (Å²) in [5.74, 6) is 1.60. The first-order chi connectivity index (χ1) is 9.78. The molecule has 3 nitrogen and oxygen atoms in total. The Labute approximate surface area is 121 Å². The van der Waals surface area contributed by atoms with Gasteiger partial charge in [0.2, 0.25) is 0 Å². The van der Waals surface area contributed by atoms with Crippen LogP contribution in [0.25, 0.3) is 0 Å². The van der Waals surface area contributed by atoms with Crippen molar-refractivity contribution in [3.63, 3.8) is 0 Å². The summed E-state index contributed by atoms with van der Waals surface area (Å²) in [4.78, 5) is 0. The minimum absolute atomic E-state index is 0.287. The summed E-state index contributed by atoms with van der Waals surface area (Å²) in [6.07, 6.45) is 3.73. The molecule has 0 bridgehead atoms. The van der Waals surface area contributed by atoms with Crippen LogP contribution < -0.4 is 10.1 Å². The molecule has 2 heterocycles. The van der Waals surface area contributed by atoms with Crippen LogP contribution in [0.3, 0.4) is 0 Å². The highest BCUT2D eigenvalue weighted by molar-refractivity contribution is 5.41. The number of fused-ring (bicyclic) bond motifs is 1. The number of benzene rings is 1. The van der Waals surface area contributed by atoms with Crippen molar-refractivity contribution >= 4 is 0 Å². The highest BCUT2D eigenvalue weighted by Crippen LogP contribution is 2.38. The molecule has 3 unspecified atom stereocenters. The summed E-state index contributed by atoms with van der Waals surface area (Å²) in [5, 5.41) is 3.62. The maximum absolute atomic E-state index is 6.28. The van der Waals surface area contributed by atoms with E-state index < -0.39 is 0 Å². The van der Waals surface area contributed by atoms with E-state index in [1.54, 1.807) is 0 Å². The second-order valence-electron chi connectivity index (χ2n) is 6.02. The lowest BCUT2D eigenvalue weighted by Gasteiger charge is -2.38. The molecule has 110 valence electrons. The monoisotopic (exact) mass is 275 g/mol. The molecule has 1 aromatic carbocycles. The molecule has 20 heavy (non-hydrogen) atoms. The molecule has 0 radical (unpaired) electrons. The third-order valence-corrected chi connectivity index (χ3v) is 4.46. The normalized spacial score (nSPS) is 29.6. The van der Waals surface area contributed by atoms with Crippen LogP contribution in [0.15, 0.2) is 18.2 Å². The first-order valence-corrected chi connectivity index (χ1v) is 7.86. The van der Waals surface area contributed by atoms with Gasteiger partial charge >= 0.3 is 0 Å². The highest BCUT2D eigenvalue weighted by Gasteiger charge is 2.34. The molecule has 0 saturated carbocycles. The summed E-state index contributed by atoms with van der Waals surface area (Å²) in [7, 11) is 0. The minimum atomic E-state index is 0.287. The molecule has 1 N–H and O–H groups in total. The number of ether oxygens (including phenoxy) is 2. The molecular formula is C17H25NO2. The van der Waals surface area contributed by atoms with Crippen LogP contribution in [0.5, 0.6) is 5.75 Å². The van der Waals surface area contributed by atoms with Gasteiger partial charge in [-0.15, -0.1) is 0 Å². The van der Waals surface area contributed by atoms with E-state index in [0.717, 1.165) is 38.3 Å². The highest BCUT2D eigenvalue weighted by atomic mass is 16.5. The van der Waals surface area contributed by atoms with Gasteiger partial charge in [0.15, 0.2) is 0 Å². The molecular weight excluding hydrogens is 250 g/mol. The van der Waals surface area contributed by atoms with Crippen molar-refractivity contribution in [1.82, 2.24) is 5.32 Å². The van der Waals surface area contributed by atoms with Crippen LogP contribution >= 0.6 is 0 Å². The molecule has 1 saturated heterocycles. The van der Waals surface area contributed by atoms with Crippen molar-refractivity contribution in [1.29, 1.82) is 0 Å². The Morgan fingerprint density at radius 3 is 3.00 bits per heavy atom. The van der Waals surface area contributed by atoms with Crippen LogP contribution in [-0.4, -0.2) is 25.9 Å². The Kier molecular flexibility index (Phi) is 4.27. The van der Waals surface area contributed by atoms with Crippen molar-refractivity contribution < 1.29 is 9.47 Å². The summed E-state index contributed by atoms with van der Waals surface area (Å²) >= 11 is 0. The number of hydrogen-bond acceptors (Lipinski definition) is 3. The predicted molar refractivity (Wildman–Crippen MR) is 80.2 cm³/mol. The lowest BCUT2D eigenvalue weighted by Crippen LogP contribution is -2.40. The number of nitrogens with one attached hydrogen (secondary N) is 1. The van der Waals surface area contributed by atoms with Crippen molar-refractivity contribution in [2.45, 2.75) is 45.3 Å².